The van der Waals surface area contributed by atoms with Crippen LogP contribution in [0.25, 0.3) is 0 Å². The maximum absolute atomic E-state index is 12.9. The van der Waals surface area contributed by atoms with Crippen LogP contribution < -0.4 is 0 Å². The third-order valence-electron chi connectivity index (χ3n) is 5.72. The van der Waals surface area contributed by atoms with Crippen LogP contribution in [0.3, 0.4) is 0 Å². The van der Waals surface area contributed by atoms with Crippen molar-refractivity contribution in [1.82, 2.24) is 29.9 Å². The Morgan fingerprint density at radius 1 is 1.31 bits per heavy atom. The number of nitrogens with one attached hydrogen (secondary N) is 1. The molecule has 1 N–H and O–H groups in total. The van der Waals surface area contributed by atoms with Crippen molar-refractivity contribution in [2.45, 2.75) is 58.9 Å². The highest BCUT2D eigenvalue weighted by molar-refractivity contribution is 5.76. The Labute approximate surface area is 154 Å². The Morgan fingerprint density at radius 3 is 2.65 bits per heavy atom. The maximum atomic E-state index is 12.9. The van der Waals surface area contributed by atoms with Crippen LogP contribution in [0.5, 0.6) is 0 Å². The predicted octanol–water partition coefficient (Wildman–Crippen LogP) is 2.39. The van der Waals surface area contributed by atoms with Crippen molar-refractivity contribution in [1.29, 1.82) is 0 Å². The van der Waals surface area contributed by atoms with E-state index in [-0.39, 0.29) is 11.8 Å². The summed E-state index contributed by atoms with van der Waals surface area (Å²) >= 11 is 0. The summed E-state index contributed by atoms with van der Waals surface area (Å²) in [5.41, 5.74) is 1.98. The van der Waals surface area contributed by atoms with E-state index in [4.69, 9.17) is 4.98 Å². The van der Waals surface area contributed by atoms with Crippen molar-refractivity contribution >= 4 is 5.91 Å². The van der Waals surface area contributed by atoms with Crippen LogP contribution in [0.4, 0.5) is 0 Å². The molecule has 2 fully saturated rings. The van der Waals surface area contributed by atoms with Crippen molar-refractivity contribution in [3.8, 4) is 0 Å². The topological polar surface area (TPSA) is 79.7 Å². The standard InChI is InChI=1S/C19H28N6O/c1-11(2)18-20-19(22-21-18)16-9-24(8-15(16)14-5-6-14)17(26)10-25-13(4)7-12(3)23-25/h7,11,14-16H,5-6,8-10H2,1-4H3,(H,20,21,22)/t15-,16+/m1/s1. The number of rotatable bonds is 5. The number of carbonyl (C=O) groups is 1. The highest BCUT2D eigenvalue weighted by atomic mass is 16.2. The summed E-state index contributed by atoms with van der Waals surface area (Å²) in [6, 6.07) is 2.01. The molecule has 140 valence electrons. The number of aromatic nitrogens is 5. The number of likely N-dealkylation sites (tertiary alicyclic amines) is 1. The van der Waals surface area contributed by atoms with Crippen molar-refractivity contribution in [2.24, 2.45) is 11.8 Å². The van der Waals surface area contributed by atoms with Crippen LogP contribution in [0, 0.1) is 25.7 Å². The fraction of sp³-hybridized carbons (Fsp3) is 0.684. The molecule has 0 unspecified atom stereocenters. The summed E-state index contributed by atoms with van der Waals surface area (Å²) in [5.74, 6) is 3.75. The van der Waals surface area contributed by atoms with Gasteiger partial charge < -0.3 is 4.90 Å². The van der Waals surface area contributed by atoms with Crippen LogP contribution in [-0.2, 0) is 11.3 Å². The summed E-state index contributed by atoms with van der Waals surface area (Å²) in [7, 11) is 0. The van der Waals surface area contributed by atoms with Crippen LogP contribution in [0.1, 0.15) is 61.6 Å². The van der Waals surface area contributed by atoms with Crippen LogP contribution in [-0.4, -0.2) is 48.9 Å². The molecule has 2 aliphatic rings. The van der Waals surface area contributed by atoms with Crippen LogP contribution in [0.15, 0.2) is 6.07 Å². The van der Waals surface area contributed by atoms with Gasteiger partial charge in [0.05, 0.1) is 5.69 Å². The van der Waals surface area contributed by atoms with Crippen LogP contribution >= 0.6 is 0 Å². The number of aryl methyl sites for hydroxylation is 2. The summed E-state index contributed by atoms with van der Waals surface area (Å²) < 4.78 is 1.81. The predicted molar refractivity (Wildman–Crippen MR) is 97.7 cm³/mol. The van der Waals surface area contributed by atoms with E-state index in [1.807, 2.05) is 29.5 Å². The summed E-state index contributed by atoms with van der Waals surface area (Å²) in [4.78, 5) is 19.6. The highest BCUT2D eigenvalue weighted by Crippen LogP contribution is 2.47. The molecule has 1 aliphatic heterocycles. The van der Waals surface area contributed by atoms with Crippen molar-refractivity contribution < 1.29 is 4.79 Å². The van der Waals surface area contributed by atoms with Gasteiger partial charge in [-0.1, -0.05) is 13.8 Å². The second kappa shape index (κ2) is 6.52. The highest BCUT2D eigenvalue weighted by Gasteiger charge is 2.45. The Balaban J connectivity index is 1.50. The SMILES string of the molecule is Cc1cc(C)n(CC(=O)N2C[C@H](c3nc(C(C)C)n[nH]3)[C@@H](C3CC3)C2)n1. The van der Waals surface area contributed by atoms with E-state index < -0.39 is 0 Å². The van der Waals surface area contributed by atoms with Crippen LogP contribution in [0.2, 0.25) is 0 Å². The third kappa shape index (κ3) is 3.27. The van der Waals surface area contributed by atoms with E-state index >= 15 is 0 Å². The van der Waals surface area contributed by atoms with E-state index in [1.54, 1.807) is 0 Å². The lowest BCUT2D eigenvalue weighted by molar-refractivity contribution is -0.131. The van der Waals surface area contributed by atoms with Gasteiger partial charge >= 0.3 is 0 Å². The molecule has 1 aliphatic carbocycles. The van der Waals surface area contributed by atoms with Gasteiger partial charge in [-0.2, -0.15) is 10.2 Å². The molecule has 2 aromatic rings. The zero-order valence-electron chi connectivity index (χ0n) is 16.1. The second-order valence-corrected chi connectivity index (χ2v) is 8.22. The minimum atomic E-state index is 0.146. The Morgan fingerprint density at radius 2 is 2.08 bits per heavy atom. The zero-order valence-corrected chi connectivity index (χ0v) is 16.1. The van der Waals surface area contributed by atoms with E-state index in [1.165, 1.54) is 12.8 Å². The Kier molecular flexibility index (Phi) is 4.32. The number of carbonyl (C=O) groups excluding carboxylic acids is 1. The van der Waals surface area contributed by atoms with Gasteiger partial charge in [0.2, 0.25) is 5.91 Å². The normalized spacial score (nSPS) is 23.2. The zero-order chi connectivity index (χ0) is 18.4. The molecule has 7 nitrogen and oxygen atoms in total. The summed E-state index contributed by atoms with van der Waals surface area (Å²) in [5, 5.41) is 11.9. The molecule has 1 saturated carbocycles. The van der Waals surface area contributed by atoms with E-state index in [0.717, 1.165) is 42.0 Å². The average Bonchev–Trinajstić information content (AvgIpc) is 3.02. The van der Waals surface area contributed by atoms with Gasteiger partial charge in [0.15, 0.2) is 5.82 Å². The van der Waals surface area contributed by atoms with E-state index in [9.17, 15) is 4.79 Å². The molecule has 0 aromatic carbocycles. The van der Waals surface area contributed by atoms with E-state index in [2.05, 4.69) is 29.1 Å². The molecule has 0 bridgehead atoms. The molecule has 2 aromatic heterocycles. The lowest BCUT2D eigenvalue weighted by Gasteiger charge is -2.16. The quantitative estimate of drug-likeness (QED) is 0.892. The fourth-order valence-corrected chi connectivity index (χ4v) is 4.10. The molecule has 4 rings (SSSR count). The summed E-state index contributed by atoms with van der Waals surface area (Å²) in [6.07, 6.45) is 2.54. The van der Waals surface area contributed by atoms with Crippen molar-refractivity contribution in [3.63, 3.8) is 0 Å². The molecular formula is C19H28N6O. The van der Waals surface area contributed by atoms with Gasteiger partial charge in [-0.3, -0.25) is 14.6 Å². The Bertz CT molecular complexity index is 803. The number of H-pyrrole nitrogens is 1. The second-order valence-electron chi connectivity index (χ2n) is 8.22. The van der Waals surface area contributed by atoms with Crippen molar-refractivity contribution in [3.05, 3.63) is 29.1 Å². The fourth-order valence-electron chi connectivity index (χ4n) is 4.10. The lowest BCUT2D eigenvalue weighted by atomic mass is 9.91. The molecule has 7 heteroatoms. The van der Waals surface area contributed by atoms with E-state index in [0.29, 0.717) is 18.4 Å². The first-order valence-electron chi connectivity index (χ1n) is 9.63. The van der Waals surface area contributed by atoms with Gasteiger partial charge in [-0.05, 0) is 44.6 Å². The number of amides is 1. The first kappa shape index (κ1) is 17.2. The van der Waals surface area contributed by atoms with Gasteiger partial charge in [0.25, 0.3) is 0 Å². The monoisotopic (exact) mass is 356 g/mol. The number of nitrogens with zero attached hydrogens (tertiary/aromatic N) is 5. The molecule has 2 atom stereocenters. The molecule has 1 amide bonds. The lowest BCUT2D eigenvalue weighted by Crippen LogP contribution is -2.32. The summed E-state index contributed by atoms with van der Waals surface area (Å²) in [6.45, 7) is 10.0. The van der Waals surface area contributed by atoms with Gasteiger partial charge in [-0.15, -0.1) is 0 Å². The smallest absolute Gasteiger partial charge is 0.244 e. The average molecular weight is 356 g/mol. The van der Waals surface area contributed by atoms with Gasteiger partial charge in [0.1, 0.15) is 12.4 Å². The van der Waals surface area contributed by atoms with Gasteiger partial charge in [0, 0.05) is 30.6 Å². The first-order chi connectivity index (χ1) is 12.4. The molecule has 0 radical (unpaired) electrons. The van der Waals surface area contributed by atoms with Gasteiger partial charge in [-0.25, -0.2) is 4.98 Å². The minimum Gasteiger partial charge on any atom is -0.340 e. The molecule has 26 heavy (non-hydrogen) atoms. The number of aromatic amines is 1. The number of hydrogen-bond donors (Lipinski definition) is 1. The van der Waals surface area contributed by atoms with Crippen molar-refractivity contribution in [2.75, 3.05) is 13.1 Å². The Hall–Kier alpha value is -2.18. The minimum absolute atomic E-state index is 0.146. The first-order valence-corrected chi connectivity index (χ1v) is 9.63. The largest absolute Gasteiger partial charge is 0.340 e. The molecular weight excluding hydrogens is 328 g/mol. The molecule has 0 spiro atoms. The number of hydrogen-bond acceptors (Lipinski definition) is 4. The maximum Gasteiger partial charge on any atom is 0.244 e. The molecule has 1 saturated heterocycles. The molecule has 3 heterocycles. The third-order valence-corrected chi connectivity index (χ3v) is 5.72.